The molecule has 0 radical (unpaired) electrons. The Labute approximate surface area is 119 Å². The van der Waals surface area contributed by atoms with Gasteiger partial charge in [0.15, 0.2) is 0 Å². The zero-order valence-electron chi connectivity index (χ0n) is 13.4. The third kappa shape index (κ3) is 5.41. The van der Waals surface area contributed by atoms with Crippen molar-refractivity contribution in [3.8, 4) is 0 Å². The lowest BCUT2D eigenvalue weighted by Gasteiger charge is -2.36. The van der Waals surface area contributed by atoms with Crippen LogP contribution in [0.4, 0.5) is 0 Å². The highest BCUT2D eigenvalue weighted by Crippen LogP contribution is 2.35. The van der Waals surface area contributed by atoms with E-state index >= 15 is 0 Å². The molecule has 0 aromatic heterocycles. The minimum absolute atomic E-state index is 0.165. The van der Waals surface area contributed by atoms with Crippen molar-refractivity contribution < 1.29 is 5.11 Å². The normalized spacial score (nSPS) is 19.6. The summed E-state index contributed by atoms with van der Waals surface area (Å²) < 4.78 is 0. The van der Waals surface area contributed by atoms with E-state index in [1.807, 2.05) is 0 Å². The van der Waals surface area contributed by atoms with Gasteiger partial charge in [0.05, 0.1) is 0 Å². The lowest BCUT2D eigenvalue weighted by atomic mass is 9.74. The SMILES string of the molecule is CC(C)N(CCNCC1(CO)CCCCC1)C(C)C. The average molecular weight is 270 g/mol. The summed E-state index contributed by atoms with van der Waals surface area (Å²) in [5.74, 6) is 0. The standard InChI is InChI=1S/C16H34N2O/c1-14(2)18(15(3)4)11-10-17-12-16(13-19)8-6-5-7-9-16/h14-15,17,19H,5-13H2,1-4H3. The number of nitrogens with one attached hydrogen (secondary N) is 1. The second-order valence-corrected chi connectivity index (χ2v) is 6.82. The summed E-state index contributed by atoms with van der Waals surface area (Å²) in [6, 6.07) is 1.20. The molecule has 19 heavy (non-hydrogen) atoms. The minimum atomic E-state index is 0.165. The molecular weight excluding hydrogens is 236 g/mol. The van der Waals surface area contributed by atoms with E-state index in [1.54, 1.807) is 0 Å². The first kappa shape index (κ1) is 16.9. The van der Waals surface area contributed by atoms with E-state index in [-0.39, 0.29) is 5.41 Å². The van der Waals surface area contributed by atoms with Crippen molar-refractivity contribution in [2.75, 3.05) is 26.2 Å². The molecule has 3 nitrogen and oxygen atoms in total. The molecule has 0 aromatic rings. The lowest BCUT2D eigenvalue weighted by molar-refractivity contribution is 0.0794. The molecule has 1 aliphatic carbocycles. The van der Waals surface area contributed by atoms with Crippen molar-refractivity contribution in [2.45, 2.75) is 71.9 Å². The molecule has 0 bridgehead atoms. The molecule has 0 atom stereocenters. The van der Waals surface area contributed by atoms with E-state index in [0.29, 0.717) is 18.7 Å². The summed E-state index contributed by atoms with van der Waals surface area (Å²) in [4.78, 5) is 2.51. The zero-order valence-corrected chi connectivity index (χ0v) is 13.4. The third-order valence-electron chi connectivity index (χ3n) is 4.62. The summed E-state index contributed by atoms with van der Waals surface area (Å²) in [7, 11) is 0. The van der Waals surface area contributed by atoms with Crippen LogP contribution >= 0.6 is 0 Å². The summed E-state index contributed by atoms with van der Waals surface area (Å²) >= 11 is 0. The first-order valence-corrected chi connectivity index (χ1v) is 8.08. The Hall–Kier alpha value is -0.120. The highest BCUT2D eigenvalue weighted by Gasteiger charge is 2.30. The van der Waals surface area contributed by atoms with Gasteiger partial charge in [-0.1, -0.05) is 19.3 Å². The van der Waals surface area contributed by atoms with Crippen LogP contribution in [-0.2, 0) is 0 Å². The van der Waals surface area contributed by atoms with Gasteiger partial charge in [0.25, 0.3) is 0 Å². The molecule has 1 fully saturated rings. The molecule has 114 valence electrons. The molecule has 0 aromatic carbocycles. The van der Waals surface area contributed by atoms with Crippen LogP contribution in [0.3, 0.4) is 0 Å². The second-order valence-electron chi connectivity index (χ2n) is 6.82. The van der Waals surface area contributed by atoms with Crippen molar-refractivity contribution >= 4 is 0 Å². The largest absolute Gasteiger partial charge is 0.396 e. The second kappa shape index (κ2) is 8.23. The number of aliphatic hydroxyl groups excluding tert-OH is 1. The quantitative estimate of drug-likeness (QED) is 0.666. The van der Waals surface area contributed by atoms with Crippen LogP contribution in [0.15, 0.2) is 0 Å². The van der Waals surface area contributed by atoms with E-state index in [9.17, 15) is 5.11 Å². The van der Waals surface area contributed by atoms with Crippen molar-refractivity contribution in [2.24, 2.45) is 5.41 Å². The van der Waals surface area contributed by atoms with Crippen LogP contribution < -0.4 is 5.32 Å². The Morgan fingerprint density at radius 2 is 1.63 bits per heavy atom. The Morgan fingerprint density at radius 1 is 1.05 bits per heavy atom. The zero-order chi connectivity index (χ0) is 14.3. The predicted molar refractivity (Wildman–Crippen MR) is 82.5 cm³/mol. The van der Waals surface area contributed by atoms with Gasteiger partial charge < -0.3 is 10.4 Å². The minimum Gasteiger partial charge on any atom is -0.396 e. The topological polar surface area (TPSA) is 35.5 Å². The van der Waals surface area contributed by atoms with Gasteiger partial charge in [0, 0.05) is 43.7 Å². The fraction of sp³-hybridized carbons (Fsp3) is 1.00. The molecule has 1 rings (SSSR count). The maximum Gasteiger partial charge on any atom is 0.0499 e. The van der Waals surface area contributed by atoms with Gasteiger partial charge in [0.2, 0.25) is 0 Å². The van der Waals surface area contributed by atoms with Gasteiger partial charge >= 0.3 is 0 Å². The molecule has 0 saturated heterocycles. The van der Waals surface area contributed by atoms with E-state index in [2.05, 4.69) is 37.9 Å². The summed E-state index contributed by atoms with van der Waals surface area (Å²) in [6.07, 6.45) is 6.29. The molecule has 0 heterocycles. The Bertz CT molecular complexity index is 227. The Kier molecular flexibility index (Phi) is 7.33. The van der Waals surface area contributed by atoms with Crippen LogP contribution in [0, 0.1) is 5.41 Å². The molecule has 0 aliphatic heterocycles. The lowest BCUT2D eigenvalue weighted by Crippen LogP contribution is -2.44. The molecule has 0 amide bonds. The smallest absolute Gasteiger partial charge is 0.0499 e. The molecule has 0 unspecified atom stereocenters. The number of hydrogen-bond donors (Lipinski definition) is 2. The van der Waals surface area contributed by atoms with Crippen LogP contribution in [0.2, 0.25) is 0 Å². The van der Waals surface area contributed by atoms with Crippen LogP contribution in [0.1, 0.15) is 59.8 Å². The highest BCUT2D eigenvalue weighted by molar-refractivity contribution is 4.84. The first-order valence-electron chi connectivity index (χ1n) is 8.08. The van der Waals surface area contributed by atoms with Crippen LogP contribution in [0.5, 0.6) is 0 Å². The summed E-state index contributed by atoms with van der Waals surface area (Å²) in [6.45, 7) is 12.5. The molecule has 1 aliphatic rings. The van der Waals surface area contributed by atoms with Crippen LogP contribution in [-0.4, -0.2) is 48.3 Å². The van der Waals surface area contributed by atoms with E-state index in [0.717, 1.165) is 19.6 Å². The van der Waals surface area contributed by atoms with E-state index in [1.165, 1.54) is 32.1 Å². The van der Waals surface area contributed by atoms with Crippen molar-refractivity contribution in [1.29, 1.82) is 0 Å². The summed E-state index contributed by atoms with van der Waals surface area (Å²) in [5.41, 5.74) is 0.165. The molecule has 1 saturated carbocycles. The highest BCUT2D eigenvalue weighted by atomic mass is 16.3. The first-order chi connectivity index (χ1) is 9.01. The Morgan fingerprint density at radius 3 is 2.11 bits per heavy atom. The van der Waals surface area contributed by atoms with Gasteiger partial charge in [-0.05, 0) is 40.5 Å². The molecule has 2 N–H and O–H groups in total. The van der Waals surface area contributed by atoms with Gasteiger partial charge in [-0.25, -0.2) is 0 Å². The van der Waals surface area contributed by atoms with Gasteiger partial charge in [-0.3, -0.25) is 4.90 Å². The van der Waals surface area contributed by atoms with Gasteiger partial charge in [0.1, 0.15) is 0 Å². The average Bonchev–Trinajstić information content (AvgIpc) is 2.38. The molecule has 3 heteroatoms. The van der Waals surface area contributed by atoms with Crippen LogP contribution in [0.25, 0.3) is 0 Å². The molecular formula is C16H34N2O. The fourth-order valence-electron chi connectivity index (χ4n) is 3.37. The fourth-order valence-corrected chi connectivity index (χ4v) is 3.37. The number of nitrogens with zero attached hydrogens (tertiary/aromatic N) is 1. The number of aliphatic hydroxyl groups is 1. The Balaban J connectivity index is 2.28. The monoisotopic (exact) mass is 270 g/mol. The van der Waals surface area contributed by atoms with Crippen molar-refractivity contribution in [3.63, 3.8) is 0 Å². The van der Waals surface area contributed by atoms with E-state index < -0.39 is 0 Å². The molecule has 0 spiro atoms. The van der Waals surface area contributed by atoms with Gasteiger partial charge in [-0.15, -0.1) is 0 Å². The summed E-state index contributed by atoms with van der Waals surface area (Å²) in [5, 5.41) is 13.3. The maximum atomic E-state index is 9.68. The predicted octanol–water partition coefficient (Wildman–Crippen LogP) is 2.64. The van der Waals surface area contributed by atoms with Crippen molar-refractivity contribution in [3.05, 3.63) is 0 Å². The van der Waals surface area contributed by atoms with Crippen molar-refractivity contribution in [1.82, 2.24) is 10.2 Å². The van der Waals surface area contributed by atoms with E-state index in [4.69, 9.17) is 0 Å². The van der Waals surface area contributed by atoms with Gasteiger partial charge in [-0.2, -0.15) is 0 Å². The maximum absolute atomic E-state index is 9.68. The third-order valence-corrected chi connectivity index (χ3v) is 4.62. The number of hydrogen-bond acceptors (Lipinski definition) is 3. The number of rotatable bonds is 8.